The third-order valence-corrected chi connectivity index (χ3v) is 4.39. The van der Waals surface area contributed by atoms with Gasteiger partial charge in [-0.15, -0.1) is 0 Å². The minimum Gasteiger partial charge on any atom is -0.462 e. The van der Waals surface area contributed by atoms with Crippen LogP contribution in [-0.2, 0) is 4.74 Å². The van der Waals surface area contributed by atoms with Gasteiger partial charge in [0.25, 0.3) is 0 Å². The SMILES string of the molecule is CCOC(=O)c1cc2cc3cc(Br)ccc3nc2sc1=O. The first-order chi connectivity index (χ1) is 10.1. The number of halogens is 1. The van der Waals surface area contributed by atoms with Crippen LogP contribution in [0.25, 0.3) is 21.1 Å². The zero-order chi connectivity index (χ0) is 15.0. The molecule has 0 unspecified atom stereocenters. The molecule has 0 fully saturated rings. The van der Waals surface area contributed by atoms with E-state index in [2.05, 4.69) is 20.9 Å². The molecule has 0 N–H and O–H groups in total. The largest absolute Gasteiger partial charge is 0.462 e. The normalized spacial score (nSPS) is 11.0. The number of carbonyl (C=O) groups excluding carboxylic acids is 1. The molecule has 0 spiro atoms. The quantitative estimate of drug-likeness (QED) is 0.513. The molecule has 4 nitrogen and oxygen atoms in total. The first-order valence-corrected chi connectivity index (χ1v) is 7.90. The van der Waals surface area contributed by atoms with Crippen molar-refractivity contribution in [2.24, 2.45) is 0 Å². The van der Waals surface area contributed by atoms with Crippen LogP contribution in [0, 0.1) is 0 Å². The first kappa shape index (κ1) is 14.2. The first-order valence-electron chi connectivity index (χ1n) is 6.30. The summed E-state index contributed by atoms with van der Waals surface area (Å²) in [5, 5.41) is 1.70. The van der Waals surface area contributed by atoms with Gasteiger partial charge in [0.05, 0.1) is 12.1 Å². The highest BCUT2D eigenvalue weighted by atomic mass is 79.9. The lowest BCUT2D eigenvalue weighted by molar-refractivity contribution is 0.0525. The molecule has 0 atom stereocenters. The molecule has 0 aliphatic heterocycles. The molecule has 0 saturated heterocycles. The Morgan fingerprint density at radius 3 is 2.86 bits per heavy atom. The van der Waals surface area contributed by atoms with Crippen LogP contribution in [-0.4, -0.2) is 17.6 Å². The number of rotatable bonds is 2. The molecule has 0 radical (unpaired) electrons. The van der Waals surface area contributed by atoms with Crippen LogP contribution in [0.2, 0.25) is 0 Å². The Morgan fingerprint density at radius 2 is 2.10 bits per heavy atom. The van der Waals surface area contributed by atoms with E-state index < -0.39 is 5.97 Å². The number of benzene rings is 1. The number of fused-ring (bicyclic) bond motifs is 2. The van der Waals surface area contributed by atoms with Crippen molar-refractivity contribution in [3.8, 4) is 0 Å². The summed E-state index contributed by atoms with van der Waals surface area (Å²) in [7, 11) is 0. The van der Waals surface area contributed by atoms with E-state index in [1.54, 1.807) is 13.0 Å². The van der Waals surface area contributed by atoms with Crippen LogP contribution < -0.4 is 4.74 Å². The van der Waals surface area contributed by atoms with Gasteiger partial charge >= 0.3 is 5.97 Å². The van der Waals surface area contributed by atoms with Gasteiger partial charge in [0.1, 0.15) is 10.4 Å². The fraction of sp³-hybridized carbons (Fsp3) is 0.133. The fourth-order valence-corrected chi connectivity index (χ4v) is 3.23. The lowest BCUT2D eigenvalue weighted by Gasteiger charge is -2.04. The number of esters is 1. The Bertz CT molecular complexity index is 920. The van der Waals surface area contributed by atoms with E-state index in [-0.39, 0.29) is 16.9 Å². The smallest absolute Gasteiger partial charge is 0.343 e. The molecule has 21 heavy (non-hydrogen) atoms. The standard InChI is InChI=1S/C15H10BrNO3S/c1-2-20-14(18)11-7-9-5-8-6-10(16)3-4-12(8)17-13(9)21-15(11)19/h3-7H,2H2,1H3. The van der Waals surface area contributed by atoms with Gasteiger partial charge in [-0.3, -0.25) is 4.79 Å². The second-order valence-electron chi connectivity index (χ2n) is 4.39. The molecule has 1 aromatic carbocycles. The molecular formula is C15H10BrNO3S. The second kappa shape index (κ2) is 5.54. The molecule has 3 aromatic rings. The summed E-state index contributed by atoms with van der Waals surface area (Å²) in [5.41, 5.74) is 0.871. The lowest BCUT2D eigenvalue weighted by atomic mass is 10.1. The van der Waals surface area contributed by atoms with Crippen LogP contribution in [0.1, 0.15) is 17.3 Å². The van der Waals surface area contributed by atoms with Gasteiger partial charge in [-0.25, -0.2) is 9.78 Å². The topological polar surface area (TPSA) is 56.3 Å². The number of nitrogens with zero attached hydrogens (tertiary/aromatic N) is 1. The maximum atomic E-state index is 12.0. The number of carbonyl (C=O) groups is 1. The van der Waals surface area contributed by atoms with Crippen LogP contribution in [0.4, 0.5) is 0 Å². The van der Waals surface area contributed by atoms with Crippen molar-refractivity contribution in [1.82, 2.24) is 4.98 Å². The number of aromatic nitrogens is 1. The van der Waals surface area contributed by atoms with Crippen molar-refractivity contribution in [3.05, 3.63) is 49.9 Å². The van der Waals surface area contributed by atoms with Gasteiger partial charge in [-0.2, -0.15) is 0 Å². The molecule has 106 valence electrons. The van der Waals surface area contributed by atoms with Crippen molar-refractivity contribution >= 4 is 54.4 Å². The molecular weight excluding hydrogens is 354 g/mol. The van der Waals surface area contributed by atoms with Crippen LogP contribution >= 0.6 is 27.3 Å². The number of pyridine rings is 1. The Balaban J connectivity index is 2.26. The summed E-state index contributed by atoms with van der Waals surface area (Å²) < 4.78 is 5.53. The maximum Gasteiger partial charge on any atom is 0.343 e. The lowest BCUT2D eigenvalue weighted by Crippen LogP contribution is -2.14. The van der Waals surface area contributed by atoms with Gasteiger partial charge in [-0.1, -0.05) is 27.3 Å². The summed E-state index contributed by atoms with van der Waals surface area (Å²) in [4.78, 5) is 28.9. The van der Waals surface area contributed by atoms with E-state index in [0.29, 0.717) is 4.83 Å². The van der Waals surface area contributed by atoms with E-state index >= 15 is 0 Å². The molecule has 0 bridgehead atoms. The van der Waals surface area contributed by atoms with E-state index in [1.807, 2.05) is 24.3 Å². The number of hydrogen-bond acceptors (Lipinski definition) is 5. The molecule has 2 aromatic heterocycles. The van der Waals surface area contributed by atoms with Gasteiger partial charge in [0.2, 0.25) is 4.74 Å². The van der Waals surface area contributed by atoms with Gasteiger partial charge in [0.15, 0.2) is 0 Å². The third-order valence-electron chi connectivity index (χ3n) is 2.97. The van der Waals surface area contributed by atoms with E-state index in [4.69, 9.17) is 4.74 Å². The van der Waals surface area contributed by atoms with Gasteiger partial charge < -0.3 is 4.74 Å². The summed E-state index contributed by atoms with van der Waals surface area (Å²) in [6, 6.07) is 9.20. The van der Waals surface area contributed by atoms with E-state index in [1.165, 1.54) is 0 Å². The van der Waals surface area contributed by atoms with Crippen LogP contribution in [0.5, 0.6) is 0 Å². The van der Waals surface area contributed by atoms with E-state index in [9.17, 15) is 9.59 Å². The van der Waals surface area contributed by atoms with Crippen LogP contribution in [0.3, 0.4) is 0 Å². The molecule has 0 saturated carbocycles. The molecule has 2 heterocycles. The summed E-state index contributed by atoms with van der Waals surface area (Å²) in [6.07, 6.45) is 0. The highest BCUT2D eigenvalue weighted by Crippen LogP contribution is 2.24. The predicted octanol–water partition coefficient (Wildman–Crippen LogP) is 3.75. The second-order valence-corrected chi connectivity index (χ2v) is 6.27. The Morgan fingerprint density at radius 1 is 1.29 bits per heavy atom. The van der Waals surface area contributed by atoms with Crippen LogP contribution in [0.15, 0.2) is 39.6 Å². The average molecular weight is 364 g/mol. The Hall–Kier alpha value is -1.79. The minimum atomic E-state index is -0.588. The van der Waals surface area contributed by atoms with Crippen molar-refractivity contribution < 1.29 is 9.53 Å². The summed E-state index contributed by atoms with van der Waals surface area (Å²) >= 11 is 4.38. The van der Waals surface area contributed by atoms with Crippen molar-refractivity contribution in [1.29, 1.82) is 0 Å². The Kier molecular flexibility index (Phi) is 3.73. The van der Waals surface area contributed by atoms with Gasteiger partial charge in [-0.05, 0) is 37.3 Å². The van der Waals surface area contributed by atoms with Crippen molar-refractivity contribution in [2.45, 2.75) is 6.92 Å². The zero-order valence-corrected chi connectivity index (χ0v) is 13.5. The monoisotopic (exact) mass is 363 g/mol. The van der Waals surface area contributed by atoms with Gasteiger partial charge in [0, 0.05) is 15.2 Å². The summed E-state index contributed by atoms with van der Waals surface area (Å²) in [6.45, 7) is 1.95. The van der Waals surface area contributed by atoms with Crippen molar-refractivity contribution in [2.75, 3.05) is 6.61 Å². The van der Waals surface area contributed by atoms with E-state index in [0.717, 1.165) is 32.1 Å². The zero-order valence-electron chi connectivity index (χ0n) is 11.1. The molecule has 0 aliphatic rings. The molecule has 6 heteroatoms. The fourth-order valence-electron chi connectivity index (χ4n) is 2.04. The Labute approximate surface area is 132 Å². The minimum absolute atomic E-state index is 0.0606. The predicted molar refractivity (Wildman–Crippen MR) is 87.1 cm³/mol. The molecule has 0 aliphatic carbocycles. The number of hydrogen-bond donors (Lipinski definition) is 0. The molecule has 3 rings (SSSR count). The summed E-state index contributed by atoms with van der Waals surface area (Å²) in [5.74, 6) is -0.588. The third kappa shape index (κ3) is 2.69. The molecule has 0 amide bonds. The maximum absolute atomic E-state index is 12.0. The highest BCUT2D eigenvalue weighted by molar-refractivity contribution is 9.10. The average Bonchev–Trinajstić information content (AvgIpc) is 2.45. The van der Waals surface area contributed by atoms with Crippen molar-refractivity contribution in [3.63, 3.8) is 0 Å². The number of ether oxygens (including phenoxy) is 1. The highest BCUT2D eigenvalue weighted by Gasteiger charge is 2.14.